The summed E-state index contributed by atoms with van der Waals surface area (Å²) in [7, 11) is 0. The van der Waals surface area contributed by atoms with Gasteiger partial charge in [-0.15, -0.1) is 0 Å². The van der Waals surface area contributed by atoms with E-state index in [4.69, 9.17) is 0 Å². The van der Waals surface area contributed by atoms with Crippen LogP contribution < -0.4 is 5.56 Å². The summed E-state index contributed by atoms with van der Waals surface area (Å²) >= 11 is 0. The van der Waals surface area contributed by atoms with E-state index in [1.54, 1.807) is 45.8 Å². The summed E-state index contributed by atoms with van der Waals surface area (Å²) in [6.45, 7) is -4.38. The van der Waals surface area contributed by atoms with Gasteiger partial charge in [-0.25, -0.2) is 14.2 Å². The smallest absolute Gasteiger partial charge is 0.345 e. The zero-order chi connectivity index (χ0) is 30.5. The molecule has 2 amide bonds. The Morgan fingerprint density at radius 3 is 2.44 bits per heavy atom. The first-order valence-electron chi connectivity index (χ1n) is 13.0. The fourth-order valence-electron chi connectivity index (χ4n) is 5.92. The fraction of sp³-hybridized carbons (Fsp3) is 0.296. The second kappa shape index (κ2) is 8.87. The average Bonchev–Trinajstić information content (AvgIpc) is 3.59. The van der Waals surface area contributed by atoms with Crippen molar-refractivity contribution in [3.63, 3.8) is 0 Å². The van der Waals surface area contributed by atoms with Crippen LogP contribution in [0.15, 0.2) is 53.7 Å². The highest BCUT2D eigenvalue weighted by molar-refractivity contribution is 6.00. The molecule has 9 nitrogen and oxygen atoms in total. The van der Waals surface area contributed by atoms with Gasteiger partial charge in [0.05, 0.1) is 41.8 Å². The number of fused-ring (bicyclic) bond motifs is 1. The number of carbonyl (C=O) groups excluding carboxylic acids is 1. The third-order valence-electron chi connectivity index (χ3n) is 7.95. The van der Waals surface area contributed by atoms with Crippen molar-refractivity contribution in [2.24, 2.45) is 0 Å². The molecule has 6 heterocycles. The second-order valence-electron chi connectivity index (χ2n) is 10.6. The van der Waals surface area contributed by atoms with Crippen molar-refractivity contribution in [3.05, 3.63) is 70.7 Å². The molecule has 2 N–H and O–H groups in total. The van der Waals surface area contributed by atoms with Crippen LogP contribution in [0.4, 0.5) is 35.5 Å². The zero-order valence-corrected chi connectivity index (χ0v) is 21.9. The molecule has 2 aliphatic rings. The highest BCUT2D eigenvalue weighted by Gasteiger charge is 2.75. The number of hydrogen-bond donors (Lipinski definition) is 2. The summed E-state index contributed by atoms with van der Waals surface area (Å²) in [6.07, 6.45) is 4.91. The van der Waals surface area contributed by atoms with Gasteiger partial charge in [0.2, 0.25) is 0 Å². The third-order valence-corrected chi connectivity index (χ3v) is 7.95. The van der Waals surface area contributed by atoms with E-state index < -0.39 is 48.3 Å². The molecule has 16 heteroatoms. The van der Waals surface area contributed by atoms with Gasteiger partial charge in [-0.2, -0.15) is 26.3 Å². The normalized spacial score (nSPS) is 19.2. The number of pyridine rings is 1. The Bertz CT molecular complexity index is 1970. The Morgan fingerprint density at radius 2 is 1.70 bits per heavy atom. The van der Waals surface area contributed by atoms with Crippen LogP contribution in [0, 0.1) is 5.82 Å². The average molecular weight is 607 g/mol. The van der Waals surface area contributed by atoms with E-state index in [0.29, 0.717) is 33.5 Å². The molecule has 0 atom stereocenters. The Morgan fingerprint density at radius 1 is 0.953 bits per heavy atom. The molecule has 2 aliphatic heterocycles. The molecule has 0 spiro atoms. The van der Waals surface area contributed by atoms with Gasteiger partial charge in [-0.1, -0.05) is 6.07 Å². The van der Waals surface area contributed by atoms with Crippen LogP contribution in [0.3, 0.4) is 0 Å². The summed E-state index contributed by atoms with van der Waals surface area (Å²) in [5, 5.41) is 5.72. The van der Waals surface area contributed by atoms with Crippen molar-refractivity contribution in [3.8, 4) is 22.5 Å². The minimum Gasteiger partial charge on any atom is -0.345 e. The fourth-order valence-corrected chi connectivity index (χ4v) is 5.92. The largest absolute Gasteiger partial charge is 0.375 e. The number of amides is 2. The maximum atomic E-state index is 15.0. The van der Waals surface area contributed by atoms with E-state index in [9.17, 15) is 35.9 Å². The van der Waals surface area contributed by atoms with Crippen molar-refractivity contribution in [1.29, 1.82) is 0 Å². The maximum Gasteiger partial charge on any atom is 0.375 e. The number of carbonyl (C=O) groups is 1. The minimum atomic E-state index is -5.63. The van der Waals surface area contributed by atoms with E-state index in [2.05, 4.69) is 15.2 Å². The Labute approximate surface area is 236 Å². The van der Waals surface area contributed by atoms with Crippen LogP contribution in [0.5, 0.6) is 0 Å². The topological polar surface area (TPSA) is 94.4 Å². The highest BCUT2D eigenvalue weighted by atomic mass is 19.3. The van der Waals surface area contributed by atoms with Crippen LogP contribution >= 0.6 is 0 Å². The first kappa shape index (κ1) is 27.1. The molecule has 0 bridgehead atoms. The number of aromatic amines is 2. The van der Waals surface area contributed by atoms with Crippen molar-refractivity contribution < 1.29 is 35.5 Å². The lowest BCUT2D eigenvalue weighted by Crippen LogP contribution is -2.69. The number of hydrogen-bond acceptors (Lipinski definition) is 3. The van der Waals surface area contributed by atoms with Crippen LogP contribution in [0.2, 0.25) is 0 Å². The van der Waals surface area contributed by atoms with Gasteiger partial charge in [-0.3, -0.25) is 19.4 Å². The predicted molar refractivity (Wildman–Crippen MR) is 139 cm³/mol. The summed E-state index contributed by atoms with van der Waals surface area (Å²) in [6, 6.07) is 6.37. The molecular weight excluding hydrogens is 587 g/mol. The lowest BCUT2D eigenvalue weighted by molar-refractivity contribution is -0.333. The second-order valence-corrected chi connectivity index (χ2v) is 10.6. The van der Waals surface area contributed by atoms with E-state index in [1.165, 1.54) is 6.07 Å². The van der Waals surface area contributed by atoms with Crippen molar-refractivity contribution >= 4 is 22.6 Å². The molecule has 43 heavy (non-hydrogen) atoms. The molecule has 0 saturated carbocycles. The predicted octanol–water partition coefficient (Wildman–Crippen LogP) is 4.94. The molecule has 5 aromatic rings. The van der Waals surface area contributed by atoms with Crippen molar-refractivity contribution in [2.75, 3.05) is 19.6 Å². The quantitative estimate of drug-likeness (QED) is 0.279. The number of likely N-dealkylation sites (tertiary alicyclic amines) is 1. The minimum absolute atomic E-state index is 0.00148. The van der Waals surface area contributed by atoms with Crippen molar-refractivity contribution in [2.45, 2.75) is 30.9 Å². The van der Waals surface area contributed by atoms with E-state index >= 15 is 4.39 Å². The van der Waals surface area contributed by atoms with Gasteiger partial charge < -0.3 is 14.4 Å². The molecular formula is C27H20F7N7O2. The summed E-state index contributed by atoms with van der Waals surface area (Å²) < 4.78 is 102. The van der Waals surface area contributed by atoms with Gasteiger partial charge in [0.1, 0.15) is 11.5 Å². The van der Waals surface area contributed by atoms with Gasteiger partial charge in [0.15, 0.2) is 0 Å². The lowest BCUT2D eigenvalue weighted by atomic mass is 9.98. The number of halogens is 7. The SMILES string of the molecule is O=C(N1CCn2cc(-c3c(-c4cnc5ccccn45)[nH][nH]c3=O)c3cc(F)cc(c32)C1)N1CC(F)(F)C(F)(F)C(F)(F)C1. The number of nitrogens with one attached hydrogen (secondary N) is 2. The van der Waals surface area contributed by atoms with E-state index in [0.717, 1.165) is 11.0 Å². The first-order chi connectivity index (χ1) is 20.3. The number of rotatable bonds is 2. The number of alkyl halides is 6. The van der Waals surface area contributed by atoms with Crippen LogP contribution in [-0.4, -0.2) is 77.4 Å². The number of piperidine rings is 1. The standard InChI is InChI=1S/C27H20F7N7O2/c28-15-7-14-10-39(24(43)40-12-25(29,30)27(33,34)26(31,32)13-40)6-5-38-11-17(16(8-15)22(14)38)20-21(36-37-23(20)42)18-9-35-19-3-1-2-4-41(18)19/h1-4,7-9,11H,5-6,10,12-13H2,(H2,36,37,42). The molecule has 1 saturated heterocycles. The van der Waals surface area contributed by atoms with E-state index in [-0.39, 0.29) is 35.7 Å². The van der Waals surface area contributed by atoms with Crippen LogP contribution in [-0.2, 0) is 13.1 Å². The number of H-pyrrole nitrogens is 2. The van der Waals surface area contributed by atoms with Gasteiger partial charge >= 0.3 is 23.8 Å². The number of benzene rings is 1. The van der Waals surface area contributed by atoms with Gasteiger partial charge in [0, 0.05) is 43.0 Å². The molecule has 0 unspecified atom stereocenters. The molecule has 7 rings (SSSR count). The Kier molecular flexibility index (Phi) is 5.59. The Hall–Kier alpha value is -4.76. The number of aromatic nitrogens is 5. The molecule has 1 fully saturated rings. The first-order valence-corrected chi connectivity index (χ1v) is 13.0. The Balaban J connectivity index is 1.28. The molecule has 224 valence electrons. The lowest BCUT2D eigenvalue weighted by Gasteiger charge is -2.43. The molecule has 4 aromatic heterocycles. The van der Waals surface area contributed by atoms with Crippen LogP contribution in [0.25, 0.3) is 39.1 Å². The molecule has 1 aromatic carbocycles. The maximum absolute atomic E-state index is 15.0. The van der Waals surface area contributed by atoms with Gasteiger partial charge in [0.25, 0.3) is 5.56 Å². The number of nitrogens with zero attached hydrogens (tertiary/aromatic N) is 5. The molecule has 0 aliphatic carbocycles. The summed E-state index contributed by atoms with van der Waals surface area (Å²) in [5.74, 6) is -16.7. The van der Waals surface area contributed by atoms with Gasteiger partial charge in [-0.05, 0) is 29.8 Å². The summed E-state index contributed by atoms with van der Waals surface area (Å²) in [5.41, 5.74) is 2.23. The van der Waals surface area contributed by atoms with Crippen molar-refractivity contribution in [1.82, 2.24) is 33.9 Å². The third kappa shape index (κ3) is 3.88. The zero-order valence-electron chi connectivity index (χ0n) is 21.9. The van der Waals surface area contributed by atoms with Crippen LogP contribution in [0.1, 0.15) is 5.56 Å². The monoisotopic (exact) mass is 607 g/mol. The summed E-state index contributed by atoms with van der Waals surface area (Å²) in [4.78, 5) is 31.5. The highest BCUT2D eigenvalue weighted by Crippen LogP contribution is 2.49. The number of urea groups is 1. The van der Waals surface area contributed by atoms with E-state index in [1.807, 2.05) is 0 Å². The number of imidazole rings is 1. The molecule has 0 radical (unpaired) electrons.